The fourth-order valence-corrected chi connectivity index (χ4v) is 1.98. The Kier molecular flexibility index (Phi) is 3.02. The Morgan fingerprint density at radius 3 is 3.00 bits per heavy atom. The Balaban J connectivity index is 2.39. The lowest BCUT2D eigenvalue weighted by molar-refractivity contribution is 0.388. The zero-order valence-corrected chi connectivity index (χ0v) is 10.2. The standard InChI is InChI=1S/C11H8BrN3O/c1-7-2-3-8(9(12)6-7)11-14-10(4-5-13)16-15-11/h2-3,6H,4H2,1H3. The number of aryl methyl sites for hydroxylation is 1. The summed E-state index contributed by atoms with van der Waals surface area (Å²) >= 11 is 3.45. The van der Waals surface area contributed by atoms with E-state index in [2.05, 4.69) is 26.1 Å². The van der Waals surface area contributed by atoms with Crippen molar-refractivity contribution in [2.45, 2.75) is 13.3 Å². The Hall–Kier alpha value is -1.67. The Morgan fingerprint density at radius 1 is 1.50 bits per heavy atom. The van der Waals surface area contributed by atoms with Gasteiger partial charge in [-0.15, -0.1) is 0 Å². The molecule has 0 radical (unpaired) electrons. The summed E-state index contributed by atoms with van der Waals surface area (Å²) in [4.78, 5) is 4.13. The molecule has 4 nitrogen and oxygen atoms in total. The summed E-state index contributed by atoms with van der Waals surface area (Å²) in [5.74, 6) is 0.835. The van der Waals surface area contributed by atoms with E-state index in [-0.39, 0.29) is 6.42 Å². The molecule has 1 aromatic carbocycles. The highest BCUT2D eigenvalue weighted by molar-refractivity contribution is 9.10. The first-order chi connectivity index (χ1) is 7.70. The van der Waals surface area contributed by atoms with Gasteiger partial charge < -0.3 is 4.52 Å². The quantitative estimate of drug-likeness (QED) is 0.847. The molecule has 0 saturated heterocycles. The van der Waals surface area contributed by atoms with Crippen LogP contribution in [0, 0.1) is 18.3 Å². The fraction of sp³-hybridized carbons (Fsp3) is 0.182. The second-order valence-corrected chi connectivity index (χ2v) is 4.18. The van der Waals surface area contributed by atoms with Gasteiger partial charge in [0.15, 0.2) is 0 Å². The zero-order valence-electron chi connectivity index (χ0n) is 8.57. The minimum atomic E-state index is 0.135. The molecule has 16 heavy (non-hydrogen) atoms. The second-order valence-electron chi connectivity index (χ2n) is 3.33. The van der Waals surface area contributed by atoms with Gasteiger partial charge in [0.25, 0.3) is 0 Å². The summed E-state index contributed by atoms with van der Waals surface area (Å²) in [7, 11) is 0. The van der Waals surface area contributed by atoms with Gasteiger partial charge in [-0.3, -0.25) is 0 Å². The summed E-state index contributed by atoms with van der Waals surface area (Å²) in [6.07, 6.45) is 0.135. The monoisotopic (exact) mass is 277 g/mol. The minimum Gasteiger partial charge on any atom is -0.338 e. The smallest absolute Gasteiger partial charge is 0.241 e. The minimum absolute atomic E-state index is 0.135. The van der Waals surface area contributed by atoms with Crippen molar-refractivity contribution < 1.29 is 4.52 Å². The second kappa shape index (κ2) is 4.45. The third-order valence-corrected chi connectivity index (χ3v) is 2.72. The summed E-state index contributed by atoms with van der Waals surface area (Å²) < 4.78 is 5.85. The predicted molar refractivity (Wildman–Crippen MR) is 61.5 cm³/mol. The molecular formula is C11H8BrN3O. The van der Waals surface area contributed by atoms with Crippen LogP contribution in [-0.2, 0) is 6.42 Å². The molecule has 0 aliphatic rings. The maximum atomic E-state index is 8.50. The number of aromatic nitrogens is 2. The molecule has 0 spiro atoms. The molecule has 0 atom stereocenters. The third kappa shape index (κ3) is 2.12. The molecule has 1 heterocycles. The van der Waals surface area contributed by atoms with E-state index in [0.717, 1.165) is 15.6 Å². The lowest BCUT2D eigenvalue weighted by Crippen LogP contribution is -1.85. The molecule has 0 aliphatic heterocycles. The van der Waals surface area contributed by atoms with Gasteiger partial charge in [0.1, 0.15) is 6.42 Å². The van der Waals surface area contributed by atoms with E-state index >= 15 is 0 Å². The van der Waals surface area contributed by atoms with E-state index in [1.807, 2.05) is 31.2 Å². The van der Waals surface area contributed by atoms with Crippen LogP contribution in [0.4, 0.5) is 0 Å². The van der Waals surface area contributed by atoms with Crippen molar-refractivity contribution in [2.24, 2.45) is 0 Å². The van der Waals surface area contributed by atoms with Crippen LogP contribution >= 0.6 is 15.9 Å². The van der Waals surface area contributed by atoms with Crippen molar-refractivity contribution in [1.82, 2.24) is 10.1 Å². The van der Waals surface area contributed by atoms with Crippen LogP contribution in [0.15, 0.2) is 27.2 Å². The number of rotatable bonds is 2. The van der Waals surface area contributed by atoms with Gasteiger partial charge in [-0.1, -0.05) is 27.2 Å². The van der Waals surface area contributed by atoms with Crippen molar-refractivity contribution in [1.29, 1.82) is 5.26 Å². The van der Waals surface area contributed by atoms with Crippen molar-refractivity contribution in [3.63, 3.8) is 0 Å². The molecule has 1 aromatic heterocycles. The molecule has 0 aliphatic carbocycles. The van der Waals surface area contributed by atoms with Gasteiger partial charge in [-0.25, -0.2) is 0 Å². The molecule has 0 amide bonds. The lowest BCUT2D eigenvalue weighted by atomic mass is 10.1. The molecule has 5 heteroatoms. The van der Waals surface area contributed by atoms with Gasteiger partial charge >= 0.3 is 0 Å². The van der Waals surface area contributed by atoms with E-state index in [9.17, 15) is 0 Å². The molecule has 0 fully saturated rings. The summed E-state index contributed by atoms with van der Waals surface area (Å²) in [6, 6.07) is 7.84. The third-order valence-electron chi connectivity index (χ3n) is 2.06. The molecule has 2 aromatic rings. The van der Waals surface area contributed by atoms with Crippen LogP contribution in [0.5, 0.6) is 0 Å². The van der Waals surface area contributed by atoms with Crippen molar-refractivity contribution >= 4 is 15.9 Å². The fourth-order valence-electron chi connectivity index (χ4n) is 1.31. The van der Waals surface area contributed by atoms with Crippen molar-refractivity contribution in [2.75, 3.05) is 0 Å². The van der Waals surface area contributed by atoms with Crippen LogP contribution in [0.2, 0.25) is 0 Å². The molecule has 0 saturated carbocycles. The molecule has 2 rings (SSSR count). The average molecular weight is 278 g/mol. The average Bonchev–Trinajstić information content (AvgIpc) is 2.67. The molecule has 0 unspecified atom stereocenters. The van der Waals surface area contributed by atoms with E-state index in [1.165, 1.54) is 0 Å². The molecule has 0 N–H and O–H groups in total. The number of hydrogen-bond donors (Lipinski definition) is 0. The Morgan fingerprint density at radius 2 is 2.31 bits per heavy atom. The van der Waals surface area contributed by atoms with E-state index in [1.54, 1.807) is 0 Å². The lowest BCUT2D eigenvalue weighted by Gasteiger charge is -1.99. The number of nitriles is 1. The van der Waals surface area contributed by atoms with Crippen LogP contribution < -0.4 is 0 Å². The number of halogens is 1. The van der Waals surface area contributed by atoms with Gasteiger partial charge in [0, 0.05) is 10.0 Å². The van der Waals surface area contributed by atoms with Gasteiger partial charge in [-0.2, -0.15) is 10.2 Å². The summed E-state index contributed by atoms with van der Waals surface area (Å²) in [5, 5.41) is 12.3. The van der Waals surface area contributed by atoms with Gasteiger partial charge in [0.05, 0.1) is 6.07 Å². The van der Waals surface area contributed by atoms with Crippen LogP contribution in [-0.4, -0.2) is 10.1 Å². The largest absolute Gasteiger partial charge is 0.338 e. The normalized spacial score (nSPS) is 10.1. The maximum Gasteiger partial charge on any atom is 0.241 e. The van der Waals surface area contributed by atoms with E-state index in [4.69, 9.17) is 9.78 Å². The topological polar surface area (TPSA) is 62.7 Å². The molecule has 80 valence electrons. The first kappa shape index (κ1) is 10.8. The number of hydrogen-bond acceptors (Lipinski definition) is 4. The highest BCUT2D eigenvalue weighted by atomic mass is 79.9. The summed E-state index contributed by atoms with van der Waals surface area (Å²) in [5.41, 5.74) is 2.01. The number of benzene rings is 1. The predicted octanol–water partition coefficient (Wildman–Crippen LogP) is 2.87. The first-order valence-corrected chi connectivity index (χ1v) is 5.46. The van der Waals surface area contributed by atoms with Crippen LogP contribution in [0.3, 0.4) is 0 Å². The van der Waals surface area contributed by atoms with Crippen LogP contribution in [0.1, 0.15) is 11.5 Å². The maximum absolute atomic E-state index is 8.50. The highest BCUT2D eigenvalue weighted by Crippen LogP contribution is 2.26. The Bertz CT molecular complexity index is 557. The molecule has 0 bridgehead atoms. The first-order valence-electron chi connectivity index (χ1n) is 4.67. The highest BCUT2D eigenvalue weighted by Gasteiger charge is 2.11. The van der Waals surface area contributed by atoms with Gasteiger partial charge in [-0.05, 0) is 24.6 Å². The van der Waals surface area contributed by atoms with E-state index in [0.29, 0.717) is 11.7 Å². The van der Waals surface area contributed by atoms with Crippen molar-refractivity contribution in [3.8, 4) is 17.5 Å². The summed E-state index contributed by atoms with van der Waals surface area (Å²) in [6.45, 7) is 2.01. The SMILES string of the molecule is Cc1ccc(-c2noc(CC#N)n2)c(Br)c1. The number of nitrogens with zero attached hydrogens (tertiary/aromatic N) is 3. The zero-order chi connectivity index (χ0) is 11.5. The van der Waals surface area contributed by atoms with E-state index < -0.39 is 0 Å². The van der Waals surface area contributed by atoms with Crippen molar-refractivity contribution in [3.05, 3.63) is 34.1 Å². The van der Waals surface area contributed by atoms with Gasteiger partial charge in [0.2, 0.25) is 11.7 Å². The Labute approximate surface area is 101 Å². The van der Waals surface area contributed by atoms with Crippen LogP contribution in [0.25, 0.3) is 11.4 Å². The molecular weight excluding hydrogens is 270 g/mol.